The molecule has 0 N–H and O–H groups in total. The largest absolute Gasteiger partial charge is 0.285 e. The van der Waals surface area contributed by atoms with Crippen LogP contribution in [0.5, 0.6) is 0 Å². The highest BCUT2D eigenvalue weighted by Gasteiger charge is 2.59. The van der Waals surface area contributed by atoms with E-state index in [0.717, 1.165) is 32.1 Å². The second kappa shape index (κ2) is 16.5. The Hall–Kier alpha value is -4.32. The first kappa shape index (κ1) is 35.5. The van der Waals surface area contributed by atoms with Gasteiger partial charge in [0.05, 0.1) is 23.7 Å². The van der Waals surface area contributed by atoms with Crippen molar-refractivity contribution in [2.24, 2.45) is 47.3 Å². The summed E-state index contributed by atoms with van der Waals surface area (Å²) in [5.41, 5.74) is 2.74. The third kappa shape index (κ3) is 7.81. The molecule has 2 saturated carbocycles. The molecule has 2 aliphatic heterocycles. The smallest absolute Gasteiger partial charge is 0.233 e. The van der Waals surface area contributed by atoms with E-state index in [1.165, 1.54) is 20.9 Å². The van der Waals surface area contributed by atoms with E-state index in [-0.39, 0.29) is 47.3 Å². The monoisotopic (exact) mass is 634 g/mol. The summed E-state index contributed by atoms with van der Waals surface area (Å²) in [5.74, 6) is 1.43. The topological polar surface area (TPSA) is 74.8 Å². The summed E-state index contributed by atoms with van der Waals surface area (Å²) in [6, 6.07) is 21.1. The second-order valence-electron chi connectivity index (χ2n) is 13.0. The van der Waals surface area contributed by atoms with Crippen LogP contribution in [0.3, 0.4) is 0 Å². The molecule has 4 amide bonds. The maximum atomic E-state index is 11.7. The average molecular weight is 635 g/mol. The van der Waals surface area contributed by atoms with Crippen LogP contribution in [-0.4, -0.2) is 47.5 Å². The zero-order chi connectivity index (χ0) is 34.1. The summed E-state index contributed by atoms with van der Waals surface area (Å²) in [5, 5.41) is 0. The van der Waals surface area contributed by atoms with Crippen LogP contribution < -0.4 is 0 Å². The highest BCUT2D eigenvalue weighted by molar-refractivity contribution is 6.06. The predicted octanol–water partition coefficient (Wildman–Crippen LogP) is 7.29. The van der Waals surface area contributed by atoms with Crippen molar-refractivity contribution in [2.75, 3.05) is 14.1 Å². The number of nitrogens with zero attached hydrogens (tertiary/aromatic N) is 2. The zero-order valence-corrected chi connectivity index (χ0v) is 28.3. The molecular weight excluding hydrogens is 584 g/mol. The number of rotatable bonds is 4. The molecule has 2 aromatic carbocycles. The van der Waals surface area contributed by atoms with Gasteiger partial charge in [-0.15, -0.1) is 13.2 Å². The van der Waals surface area contributed by atoms with Crippen molar-refractivity contribution < 1.29 is 19.2 Å². The molecule has 0 aromatic heterocycles. The third-order valence-corrected chi connectivity index (χ3v) is 10.1. The second-order valence-corrected chi connectivity index (χ2v) is 13.0. The van der Waals surface area contributed by atoms with Crippen molar-refractivity contribution in [3.8, 4) is 0 Å². The number of carbonyl (C=O) groups excluding carboxylic acids is 4. The van der Waals surface area contributed by atoms with Crippen molar-refractivity contribution in [3.63, 3.8) is 0 Å². The molecule has 2 saturated heterocycles. The summed E-state index contributed by atoms with van der Waals surface area (Å²) in [7, 11) is 3.20. The highest BCUT2D eigenvalue weighted by Crippen LogP contribution is 2.53. The van der Waals surface area contributed by atoms with E-state index in [9.17, 15) is 19.2 Å². The number of hydrogen-bond acceptors (Lipinski definition) is 4. The summed E-state index contributed by atoms with van der Waals surface area (Å²) < 4.78 is 0. The summed E-state index contributed by atoms with van der Waals surface area (Å²) >= 11 is 0. The molecule has 2 aromatic rings. The van der Waals surface area contributed by atoms with Gasteiger partial charge in [0.1, 0.15) is 0 Å². The van der Waals surface area contributed by atoms with Crippen molar-refractivity contribution in [1.82, 2.24) is 9.80 Å². The molecule has 6 nitrogen and oxygen atoms in total. The van der Waals surface area contributed by atoms with E-state index in [2.05, 4.69) is 112 Å². The van der Waals surface area contributed by atoms with Gasteiger partial charge in [-0.2, -0.15) is 0 Å². The van der Waals surface area contributed by atoms with E-state index >= 15 is 0 Å². The maximum Gasteiger partial charge on any atom is 0.233 e. The Balaban J connectivity index is 0.000000143. The Morgan fingerprint density at radius 1 is 0.553 bits per heavy atom. The van der Waals surface area contributed by atoms with Crippen LogP contribution in [0.1, 0.15) is 50.7 Å². The summed E-state index contributed by atoms with van der Waals surface area (Å²) in [6.45, 7) is 11.1. The van der Waals surface area contributed by atoms with Crippen LogP contribution in [0.4, 0.5) is 0 Å². The predicted molar refractivity (Wildman–Crippen MR) is 188 cm³/mol. The van der Waals surface area contributed by atoms with E-state index < -0.39 is 0 Å². The minimum Gasteiger partial charge on any atom is -0.285 e. The first-order valence-electron chi connectivity index (χ1n) is 17.0. The quantitative estimate of drug-likeness (QED) is 0.262. The van der Waals surface area contributed by atoms with Gasteiger partial charge in [0.25, 0.3) is 0 Å². The zero-order valence-electron chi connectivity index (χ0n) is 28.3. The Kier molecular flexibility index (Phi) is 12.5. The fourth-order valence-corrected chi connectivity index (χ4v) is 7.53. The van der Waals surface area contributed by atoms with Crippen LogP contribution in [-0.2, 0) is 25.6 Å². The Bertz CT molecular complexity index is 1310. The van der Waals surface area contributed by atoms with E-state index in [1.54, 1.807) is 14.1 Å². The molecule has 2 heterocycles. The minimum absolute atomic E-state index is 0.0208. The van der Waals surface area contributed by atoms with Gasteiger partial charge in [-0.05, 0) is 66.9 Å². The molecular formula is C41H50N2O4. The van der Waals surface area contributed by atoms with E-state index in [4.69, 9.17) is 0 Å². The number of allylic oxidation sites excluding steroid dienone is 6. The molecule has 0 spiro atoms. The van der Waals surface area contributed by atoms with Crippen molar-refractivity contribution in [1.29, 1.82) is 0 Å². The molecule has 4 fully saturated rings. The summed E-state index contributed by atoms with van der Waals surface area (Å²) in [4.78, 5) is 49.2. The minimum atomic E-state index is -0.0208. The van der Waals surface area contributed by atoms with Crippen LogP contribution >= 0.6 is 0 Å². The lowest BCUT2D eigenvalue weighted by molar-refractivity contribution is -0.140. The molecule has 248 valence electrons. The number of amides is 4. The number of carbonyl (C=O) groups is 4. The lowest BCUT2D eigenvalue weighted by Gasteiger charge is -2.14. The standard InChI is InChI=1S/C13H12.2C10H11NO2.2C4H8/c1-3-7-12(8-4-1)11-13-9-5-2-6-10-13;2*1-11-9(12)7-5-2-3-6(4-5)8(7)10(11)13;2*1-3-4-2/h1-10H,11H2;2*2-3,5-8H,4H2,1H3;2*3H,1,4H2,2H3. The number of benzene rings is 2. The van der Waals surface area contributed by atoms with Gasteiger partial charge in [-0.3, -0.25) is 29.0 Å². The molecule has 4 aliphatic carbocycles. The lowest BCUT2D eigenvalue weighted by atomic mass is 9.85. The van der Waals surface area contributed by atoms with Crippen LogP contribution in [0.25, 0.3) is 0 Å². The van der Waals surface area contributed by atoms with Gasteiger partial charge in [-0.1, -0.05) is 111 Å². The fraction of sp³-hybridized carbons (Fsp3) is 0.415. The van der Waals surface area contributed by atoms with Crippen LogP contribution in [0, 0.1) is 47.3 Å². The number of likely N-dealkylation sites (tertiary alicyclic amines) is 2. The third-order valence-electron chi connectivity index (χ3n) is 10.1. The normalized spacial score (nSPS) is 29.4. The first-order valence-corrected chi connectivity index (χ1v) is 17.0. The van der Waals surface area contributed by atoms with Crippen molar-refractivity contribution in [3.05, 3.63) is 121 Å². The highest BCUT2D eigenvalue weighted by atomic mass is 16.2. The van der Waals surface area contributed by atoms with E-state index in [0.29, 0.717) is 23.7 Å². The van der Waals surface area contributed by atoms with E-state index in [1.807, 2.05) is 12.2 Å². The molecule has 6 heteroatoms. The Labute approximate surface area is 280 Å². The average Bonchev–Trinajstić information content (AvgIpc) is 3.97. The summed E-state index contributed by atoms with van der Waals surface area (Å²) in [6.07, 6.45) is 17.4. The molecule has 0 radical (unpaired) electrons. The van der Waals surface area contributed by atoms with Gasteiger partial charge in [0.2, 0.25) is 23.6 Å². The van der Waals surface area contributed by atoms with Gasteiger partial charge >= 0.3 is 0 Å². The molecule has 8 atom stereocenters. The Morgan fingerprint density at radius 2 is 0.809 bits per heavy atom. The van der Waals surface area contributed by atoms with Crippen molar-refractivity contribution in [2.45, 2.75) is 46.0 Å². The Morgan fingerprint density at radius 3 is 1.04 bits per heavy atom. The van der Waals surface area contributed by atoms with Gasteiger partial charge in [0, 0.05) is 14.1 Å². The maximum absolute atomic E-state index is 11.7. The van der Waals surface area contributed by atoms with Gasteiger partial charge in [-0.25, -0.2) is 0 Å². The number of fused-ring (bicyclic) bond motifs is 10. The fourth-order valence-electron chi connectivity index (χ4n) is 7.53. The van der Waals surface area contributed by atoms with Crippen LogP contribution in [0.2, 0.25) is 0 Å². The van der Waals surface area contributed by atoms with Gasteiger partial charge in [0.15, 0.2) is 0 Å². The van der Waals surface area contributed by atoms with Crippen LogP contribution in [0.15, 0.2) is 110 Å². The molecule has 8 rings (SSSR count). The SMILES string of the molecule is C=CCC.C=CCC.CN1C(=O)C2C3C=CC(C3)C2C1=O.CN1C(=O)C2C3C=CC(C3)C2C1=O.c1ccc(Cc2ccccc2)cc1. The molecule has 4 bridgehead atoms. The lowest BCUT2D eigenvalue weighted by Crippen LogP contribution is -2.28. The van der Waals surface area contributed by atoms with Crippen molar-refractivity contribution >= 4 is 23.6 Å². The van der Waals surface area contributed by atoms with Gasteiger partial charge < -0.3 is 0 Å². The number of imide groups is 2. The molecule has 47 heavy (non-hydrogen) atoms. The first-order chi connectivity index (χ1) is 22.7. The molecule has 8 unspecified atom stereocenters. The molecule has 6 aliphatic rings. The number of hydrogen-bond donors (Lipinski definition) is 0.